The predicted molar refractivity (Wildman–Crippen MR) is 42.4 cm³/mol. The van der Waals surface area contributed by atoms with E-state index in [0.29, 0.717) is 0 Å². The molecule has 1 aromatic heterocycles. The average Bonchev–Trinajstić information content (AvgIpc) is 2.04. The minimum absolute atomic E-state index is 0.195. The third-order valence-electron chi connectivity index (χ3n) is 1.44. The second kappa shape index (κ2) is 3.66. The summed E-state index contributed by atoms with van der Waals surface area (Å²) in [6, 6.07) is 0. The minimum atomic E-state index is -2.99. The molecule has 0 aliphatic rings. The predicted octanol–water partition coefficient (Wildman–Crippen LogP) is 1.78. The van der Waals surface area contributed by atoms with Crippen molar-refractivity contribution in [3.63, 3.8) is 0 Å². The van der Waals surface area contributed by atoms with E-state index < -0.39 is 22.6 Å². The van der Waals surface area contributed by atoms with Crippen molar-refractivity contribution in [2.75, 3.05) is 0 Å². The molecule has 0 amide bonds. The van der Waals surface area contributed by atoms with Crippen LogP contribution in [-0.2, 0) is 0 Å². The normalized spacial score (nSPS) is 10.5. The van der Waals surface area contributed by atoms with Gasteiger partial charge in [0.05, 0.1) is 5.56 Å². The van der Waals surface area contributed by atoms with Gasteiger partial charge in [-0.15, -0.1) is 0 Å². The first-order valence-electron chi connectivity index (χ1n) is 3.22. The van der Waals surface area contributed by atoms with E-state index in [-0.39, 0.29) is 11.8 Å². The van der Waals surface area contributed by atoms with E-state index in [1.807, 2.05) is 0 Å². The Morgan fingerprint density at radius 1 is 1.54 bits per heavy atom. The average molecular weight is 208 g/mol. The third kappa shape index (κ3) is 1.75. The Labute approximate surface area is 76.3 Å². The highest BCUT2D eigenvalue weighted by Crippen LogP contribution is 2.21. The van der Waals surface area contributed by atoms with E-state index in [0.717, 1.165) is 6.20 Å². The fraction of sp³-hybridized carbons (Fsp3) is 0.143. The lowest BCUT2D eigenvalue weighted by Gasteiger charge is -2.01. The Kier molecular flexibility index (Phi) is 2.77. The van der Waals surface area contributed by atoms with Crippen LogP contribution >= 0.6 is 11.6 Å². The molecule has 0 fully saturated rings. The number of rotatable bonds is 2. The van der Waals surface area contributed by atoms with Crippen LogP contribution in [0.25, 0.3) is 0 Å². The van der Waals surface area contributed by atoms with Crippen molar-refractivity contribution in [2.45, 2.75) is 6.43 Å². The number of halogens is 3. The minimum Gasteiger partial charge on any atom is -0.351 e. The zero-order chi connectivity index (χ0) is 10.0. The maximum atomic E-state index is 12.2. The van der Waals surface area contributed by atoms with Crippen LogP contribution in [-0.4, -0.2) is 11.3 Å². The number of hydrogen-bond donors (Lipinski definition) is 1. The molecule has 1 N–H and O–H groups in total. The first-order chi connectivity index (χ1) is 6.07. The molecule has 0 saturated heterocycles. The van der Waals surface area contributed by atoms with Crippen LogP contribution in [0.2, 0.25) is 5.15 Å². The summed E-state index contributed by atoms with van der Waals surface area (Å²) in [5.74, 6) is 0. The molecule has 0 spiro atoms. The summed E-state index contributed by atoms with van der Waals surface area (Å²) in [5, 5.41) is -0.439. The van der Waals surface area contributed by atoms with Crippen LogP contribution < -0.4 is 5.43 Å². The fourth-order valence-corrected chi connectivity index (χ4v) is 1.04. The number of hydrogen-bond acceptors (Lipinski definition) is 2. The van der Waals surface area contributed by atoms with Gasteiger partial charge in [-0.05, 0) is 0 Å². The summed E-state index contributed by atoms with van der Waals surface area (Å²) < 4.78 is 24.4. The highest BCUT2D eigenvalue weighted by Gasteiger charge is 2.18. The van der Waals surface area contributed by atoms with Gasteiger partial charge in [0, 0.05) is 6.20 Å². The largest absolute Gasteiger partial charge is 0.351 e. The van der Waals surface area contributed by atoms with E-state index in [1.165, 1.54) is 0 Å². The van der Waals surface area contributed by atoms with E-state index in [2.05, 4.69) is 4.98 Å². The van der Waals surface area contributed by atoms with Crippen LogP contribution in [0.15, 0.2) is 11.0 Å². The molecule has 0 saturated carbocycles. The Balaban J connectivity index is 3.48. The molecule has 0 unspecified atom stereocenters. The van der Waals surface area contributed by atoms with Crippen molar-refractivity contribution >= 4 is 17.9 Å². The molecule has 1 aromatic rings. The van der Waals surface area contributed by atoms with Crippen molar-refractivity contribution < 1.29 is 13.6 Å². The third-order valence-corrected chi connectivity index (χ3v) is 1.76. The van der Waals surface area contributed by atoms with Crippen LogP contribution in [0.3, 0.4) is 0 Å². The Morgan fingerprint density at radius 2 is 2.15 bits per heavy atom. The SMILES string of the molecule is O=Cc1c[nH]c(Cl)c(C(F)F)c1=O. The number of carbonyl (C=O) groups is 1. The number of aldehydes is 1. The second-order valence-corrected chi connectivity index (χ2v) is 2.60. The van der Waals surface area contributed by atoms with Gasteiger partial charge in [-0.1, -0.05) is 11.6 Å². The van der Waals surface area contributed by atoms with Crippen LogP contribution in [0.5, 0.6) is 0 Å². The lowest BCUT2D eigenvalue weighted by molar-refractivity contribution is 0.112. The molecule has 0 aromatic carbocycles. The smallest absolute Gasteiger partial charge is 0.270 e. The van der Waals surface area contributed by atoms with E-state index in [9.17, 15) is 18.4 Å². The fourth-order valence-electron chi connectivity index (χ4n) is 0.822. The zero-order valence-electron chi connectivity index (χ0n) is 6.18. The monoisotopic (exact) mass is 207 g/mol. The van der Waals surface area contributed by atoms with Gasteiger partial charge in [-0.2, -0.15) is 0 Å². The first-order valence-corrected chi connectivity index (χ1v) is 3.60. The van der Waals surface area contributed by atoms with Crippen molar-refractivity contribution in [1.29, 1.82) is 0 Å². The number of alkyl halides is 2. The van der Waals surface area contributed by atoms with E-state index >= 15 is 0 Å². The molecule has 1 heterocycles. The van der Waals surface area contributed by atoms with Crippen molar-refractivity contribution in [3.8, 4) is 0 Å². The van der Waals surface area contributed by atoms with Gasteiger partial charge in [-0.25, -0.2) is 8.78 Å². The van der Waals surface area contributed by atoms with Gasteiger partial charge in [0.15, 0.2) is 6.29 Å². The number of nitrogens with one attached hydrogen (secondary N) is 1. The number of aromatic amines is 1. The summed E-state index contributed by atoms with van der Waals surface area (Å²) in [7, 11) is 0. The van der Waals surface area contributed by atoms with E-state index in [4.69, 9.17) is 11.6 Å². The highest BCUT2D eigenvalue weighted by molar-refractivity contribution is 6.30. The molecule has 0 radical (unpaired) electrons. The van der Waals surface area contributed by atoms with Crippen molar-refractivity contribution in [3.05, 3.63) is 32.7 Å². The second-order valence-electron chi connectivity index (χ2n) is 2.22. The van der Waals surface area contributed by atoms with Crippen LogP contribution in [0.4, 0.5) is 8.78 Å². The number of H-pyrrole nitrogens is 1. The van der Waals surface area contributed by atoms with Gasteiger partial charge < -0.3 is 4.98 Å². The quantitative estimate of drug-likeness (QED) is 0.594. The summed E-state index contributed by atoms with van der Waals surface area (Å²) >= 11 is 5.30. The lowest BCUT2D eigenvalue weighted by Crippen LogP contribution is -2.15. The Hall–Kier alpha value is -1.23. The zero-order valence-corrected chi connectivity index (χ0v) is 6.94. The summed E-state index contributed by atoms with van der Waals surface area (Å²) in [6.45, 7) is 0. The molecule has 0 aliphatic heterocycles. The number of carbonyl (C=O) groups excluding carboxylic acids is 1. The van der Waals surface area contributed by atoms with Crippen molar-refractivity contribution in [1.82, 2.24) is 4.98 Å². The van der Waals surface area contributed by atoms with Gasteiger partial charge in [0.2, 0.25) is 5.43 Å². The molecule has 3 nitrogen and oxygen atoms in total. The summed E-state index contributed by atoms with van der Waals surface area (Å²) in [6.07, 6.45) is -1.80. The molecule has 13 heavy (non-hydrogen) atoms. The Morgan fingerprint density at radius 3 is 2.62 bits per heavy atom. The van der Waals surface area contributed by atoms with Crippen LogP contribution in [0.1, 0.15) is 22.3 Å². The number of pyridine rings is 1. The number of aromatic nitrogens is 1. The molecule has 70 valence electrons. The molecule has 0 aliphatic carbocycles. The van der Waals surface area contributed by atoms with Gasteiger partial charge >= 0.3 is 0 Å². The topological polar surface area (TPSA) is 49.9 Å². The van der Waals surface area contributed by atoms with Gasteiger partial charge in [-0.3, -0.25) is 9.59 Å². The van der Waals surface area contributed by atoms with Crippen LogP contribution in [0, 0.1) is 0 Å². The Bertz CT molecular complexity index is 389. The molecule has 6 heteroatoms. The lowest BCUT2D eigenvalue weighted by atomic mass is 10.2. The first kappa shape index (κ1) is 9.85. The van der Waals surface area contributed by atoms with Gasteiger partial charge in [0.25, 0.3) is 6.43 Å². The van der Waals surface area contributed by atoms with Crippen molar-refractivity contribution in [2.24, 2.45) is 0 Å². The molecular weight excluding hydrogens is 204 g/mol. The molecule has 0 bridgehead atoms. The maximum absolute atomic E-state index is 12.2. The van der Waals surface area contributed by atoms with Gasteiger partial charge in [0.1, 0.15) is 10.7 Å². The maximum Gasteiger partial charge on any atom is 0.270 e. The summed E-state index contributed by atoms with van der Waals surface area (Å²) in [4.78, 5) is 23.4. The standard InChI is InChI=1S/C7H4ClF2NO2/c8-6-4(7(9)10)5(13)3(2-12)1-11-6/h1-2,7H,(H,11,13). The summed E-state index contributed by atoms with van der Waals surface area (Å²) in [5.41, 5.74) is -2.26. The van der Waals surface area contributed by atoms with E-state index in [1.54, 1.807) is 0 Å². The molecule has 1 rings (SSSR count). The molecular formula is C7H4ClF2NO2. The molecule has 0 atom stereocenters. The highest BCUT2D eigenvalue weighted by atomic mass is 35.5.